The summed E-state index contributed by atoms with van der Waals surface area (Å²) < 4.78 is 49.4. The molecule has 0 atom stereocenters. The zero-order valence-corrected chi connectivity index (χ0v) is 10.6. The van der Waals surface area contributed by atoms with Crippen molar-refractivity contribution in [2.24, 2.45) is 5.73 Å². The summed E-state index contributed by atoms with van der Waals surface area (Å²) in [6, 6.07) is 4.12. The first-order valence-electron chi connectivity index (χ1n) is 5.91. The van der Waals surface area contributed by atoms with Gasteiger partial charge in [0, 0.05) is 12.2 Å². The number of nitrogens with zero attached hydrogens (tertiary/aromatic N) is 1. The lowest BCUT2D eigenvalue weighted by Crippen LogP contribution is -2.44. The summed E-state index contributed by atoms with van der Waals surface area (Å²) >= 11 is 0. The molecule has 0 aliphatic carbocycles. The summed E-state index contributed by atoms with van der Waals surface area (Å²) in [4.78, 5) is 12.8. The molecule has 0 bridgehead atoms. The molecule has 0 aliphatic heterocycles. The molecule has 8 heteroatoms. The maximum absolute atomic E-state index is 13.1. The number of nitrogens with one attached hydrogen (secondary N) is 1. The molecule has 0 aliphatic rings. The first kappa shape index (κ1) is 16.2. The van der Waals surface area contributed by atoms with E-state index in [0.717, 1.165) is 11.0 Å². The van der Waals surface area contributed by atoms with Crippen molar-refractivity contribution in [2.45, 2.75) is 12.6 Å². The largest absolute Gasteiger partial charge is 0.405 e. The molecule has 0 radical (unpaired) electrons. The molecule has 1 rings (SSSR count). The summed E-state index contributed by atoms with van der Waals surface area (Å²) in [5.74, 6) is -0.580. The SMILES string of the molecule is NCCCN(C(=O)NCC(F)(F)F)c1cccc(F)c1. The molecule has 0 fully saturated rings. The van der Waals surface area contributed by atoms with Crippen LogP contribution in [0.1, 0.15) is 6.42 Å². The summed E-state index contributed by atoms with van der Waals surface area (Å²) in [5, 5.41) is 1.75. The molecule has 1 aromatic carbocycles. The minimum atomic E-state index is -4.50. The van der Waals surface area contributed by atoms with E-state index in [1.54, 1.807) is 5.32 Å². The first-order valence-corrected chi connectivity index (χ1v) is 5.91. The van der Waals surface area contributed by atoms with Crippen LogP contribution in [0.25, 0.3) is 0 Å². The van der Waals surface area contributed by atoms with Crippen LogP contribution in [0.15, 0.2) is 24.3 Å². The number of amides is 2. The Balaban J connectivity index is 2.80. The Morgan fingerprint density at radius 2 is 2.05 bits per heavy atom. The molecule has 0 saturated carbocycles. The zero-order valence-electron chi connectivity index (χ0n) is 10.6. The van der Waals surface area contributed by atoms with E-state index < -0.39 is 24.6 Å². The van der Waals surface area contributed by atoms with Gasteiger partial charge in [0.2, 0.25) is 0 Å². The van der Waals surface area contributed by atoms with Crippen LogP contribution in [0.3, 0.4) is 0 Å². The van der Waals surface area contributed by atoms with Crippen molar-refractivity contribution in [3.8, 4) is 0 Å². The van der Waals surface area contributed by atoms with E-state index in [9.17, 15) is 22.4 Å². The van der Waals surface area contributed by atoms with Gasteiger partial charge in [0.05, 0.1) is 0 Å². The maximum Gasteiger partial charge on any atom is 0.405 e. The number of carbonyl (C=O) groups excluding carboxylic acids is 1. The normalized spacial score (nSPS) is 11.2. The van der Waals surface area contributed by atoms with Crippen molar-refractivity contribution in [3.05, 3.63) is 30.1 Å². The van der Waals surface area contributed by atoms with Crippen molar-refractivity contribution in [2.75, 3.05) is 24.5 Å². The second kappa shape index (κ2) is 7.09. The Morgan fingerprint density at radius 1 is 1.35 bits per heavy atom. The highest BCUT2D eigenvalue weighted by molar-refractivity contribution is 5.91. The first-order chi connectivity index (χ1) is 9.33. The van der Waals surface area contributed by atoms with Crippen LogP contribution in [0.2, 0.25) is 0 Å². The highest BCUT2D eigenvalue weighted by Gasteiger charge is 2.29. The van der Waals surface area contributed by atoms with E-state index in [4.69, 9.17) is 5.73 Å². The second-order valence-electron chi connectivity index (χ2n) is 4.05. The van der Waals surface area contributed by atoms with E-state index in [1.165, 1.54) is 18.2 Å². The average molecular weight is 293 g/mol. The fourth-order valence-electron chi connectivity index (χ4n) is 1.51. The number of benzene rings is 1. The third kappa shape index (κ3) is 5.43. The molecule has 3 N–H and O–H groups in total. The smallest absolute Gasteiger partial charge is 0.330 e. The number of carbonyl (C=O) groups is 1. The van der Waals surface area contributed by atoms with Gasteiger partial charge in [0.1, 0.15) is 12.4 Å². The van der Waals surface area contributed by atoms with Gasteiger partial charge in [-0.3, -0.25) is 4.90 Å². The van der Waals surface area contributed by atoms with E-state index in [1.807, 2.05) is 0 Å². The topological polar surface area (TPSA) is 58.4 Å². The standard InChI is InChI=1S/C12H15F4N3O/c13-9-3-1-4-10(7-9)19(6-2-5-17)11(20)18-8-12(14,15)16/h1,3-4,7H,2,5-6,8,17H2,(H,18,20). The zero-order chi connectivity index (χ0) is 15.2. The second-order valence-corrected chi connectivity index (χ2v) is 4.05. The Morgan fingerprint density at radius 3 is 2.60 bits per heavy atom. The van der Waals surface area contributed by atoms with Crippen LogP contribution < -0.4 is 16.0 Å². The Hall–Kier alpha value is -1.83. The summed E-state index contributed by atoms with van der Waals surface area (Å²) in [7, 11) is 0. The van der Waals surface area contributed by atoms with E-state index in [-0.39, 0.29) is 18.8 Å². The lowest BCUT2D eigenvalue weighted by Gasteiger charge is -2.23. The minimum absolute atomic E-state index is 0.101. The Bertz CT molecular complexity index is 451. The van der Waals surface area contributed by atoms with E-state index in [2.05, 4.69) is 0 Å². The fraction of sp³-hybridized carbons (Fsp3) is 0.417. The van der Waals surface area contributed by atoms with Crippen molar-refractivity contribution in [1.29, 1.82) is 0 Å². The molecule has 0 saturated heterocycles. The number of anilines is 1. The quantitative estimate of drug-likeness (QED) is 0.818. The van der Waals surface area contributed by atoms with Crippen molar-refractivity contribution in [3.63, 3.8) is 0 Å². The Labute approximate surface area is 113 Å². The lowest BCUT2D eigenvalue weighted by molar-refractivity contribution is -0.122. The summed E-state index contributed by atoms with van der Waals surface area (Å²) in [6.07, 6.45) is -4.12. The van der Waals surface area contributed by atoms with Crippen LogP contribution in [0.5, 0.6) is 0 Å². The molecular weight excluding hydrogens is 278 g/mol. The van der Waals surface area contributed by atoms with Crippen LogP contribution in [-0.4, -0.2) is 31.8 Å². The fourth-order valence-corrected chi connectivity index (χ4v) is 1.51. The van der Waals surface area contributed by atoms with Gasteiger partial charge in [-0.25, -0.2) is 9.18 Å². The third-order valence-corrected chi connectivity index (χ3v) is 2.39. The van der Waals surface area contributed by atoms with Gasteiger partial charge in [0.25, 0.3) is 0 Å². The highest BCUT2D eigenvalue weighted by atomic mass is 19.4. The highest BCUT2D eigenvalue weighted by Crippen LogP contribution is 2.17. The van der Waals surface area contributed by atoms with Gasteiger partial charge < -0.3 is 11.1 Å². The van der Waals surface area contributed by atoms with E-state index in [0.29, 0.717) is 6.42 Å². The predicted octanol–water partition coefficient (Wildman–Crippen LogP) is 2.25. The van der Waals surface area contributed by atoms with Crippen molar-refractivity contribution >= 4 is 11.7 Å². The summed E-state index contributed by atoms with van der Waals surface area (Å²) in [6.45, 7) is -1.08. The van der Waals surface area contributed by atoms with Crippen LogP contribution in [0, 0.1) is 5.82 Å². The molecule has 2 amide bonds. The van der Waals surface area contributed by atoms with Gasteiger partial charge in [0.15, 0.2) is 0 Å². The molecule has 1 aromatic rings. The number of alkyl halides is 3. The summed E-state index contributed by atoms with van der Waals surface area (Å²) in [5.41, 5.74) is 5.49. The predicted molar refractivity (Wildman–Crippen MR) is 66.9 cm³/mol. The van der Waals surface area contributed by atoms with Crippen LogP contribution in [-0.2, 0) is 0 Å². The lowest BCUT2D eigenvalue weighted by atomic mass is 10.2. The molecule has 0 unspecified atom stereocenters. The number of nitrogens with two attached hydrogens (primary N) is 1. The van der Waals surface area contributed by atoms with Gasteiger partial charge in [-0.15, -0.1) is 0 Å². The van der Waals surface area contributed by atoms with Gasteiger partial charge >= 0.3 is 12.2 Å². The number of hydrogen-bond donors (Lipinski definition) is 2. The molecule has 0 spiro atoms. The number of rotatable bonds is 5. The number of halogens is 4. The van der Waals surface area contributed by atoms with Gasteiger partial charge in [-0.2, -0.15) is 13.2 Å². The number of urea groups is 1. The average Bonchev–Trinajstić information content (AvgIpc) is 2.36. The third-order valence-electron chi connectivity index (χ3n) is 2.39. The van der Waals surface area contributed by atoms with Crippen LogP contribution in [0.4, 0.5) is 28.0 Å². The van der Waals surface area contributed by atoms with Crippen LogP contribution >= 0.6 is 0 Å². The maximum atomic E-state index is 13.1. The molecule has 4 nitrogen and oxygen atoms in total. The number of hydrogen-bond acceptors (Lipinski definition) is 2. The molecule has 112 valence electrons. The van der Waals surface area contributed by atoms with Crippen molar-refractivity contribution < 1.29 is 22.4 Å². The minimum Gasteiger partial charge on any atom is -0.330 e. The molecule has 0 heterocycles. The Kier molecular flexibility index (Phi) is 5.75. The van der Waals surface area contributed by atoms with Gasteiger partial charge in [-0.1, -0.05) is 6.07 Å². The monoisotopic (exact) mass is 293 g/mol. The molecule has 20 heavy (non-hydrogen) atoms. The van der Waals surface area contributed by atoms with Crippen molar-refractivity contribution in [1.82, 2.24) is 5.32 Å². The van der Waals surface area contributed by atoms with E-state index >= 15 is 0 Å². The molecular formula is C12H15F4N3O. The molecule has 0 aromatic heterocycles. The van der Waals surface area contributed by atoms with Gasteiger partial charge in [-0.05, 0) is 31.2 Å².